The van der Waals surface area contributed by atoms with Gasteiger partial charge in [0.25, 0.3) is 0 Å². The molecule has 17 heavy (non-hydrogen) atoms. The second kappa shape index (κ2) is 5.83. The number of carbonyl (C=O) groups excluding carboxylic acids is 1. The molecule has 2 heterocycles. The average molecular weight is 239 g/mol. The van der Waals surface area contributed by atoms with Crippen LogP contribution in [0.3, 0.4) is 0 Å². The largest absolute Gasteiger partial charge is 0.341 e. The summed E-state index contributed by atoms with van der Waals surface area (Å²) in [6.45, 7) is 6.72. The first-order chi connectivity index (χ1) is 8.19. The fourth-order valence-electron chi connectivity index (χ4n) is 2.79. The van der Waals surface area contributed by atoms with Gasteiger partial charge in [0.05, 0.1) is 6.54 Å². The van der Waals surface area contributed by atoms with Crippen molar-refractivity contribution in [1.29, 1.82) is 0 Å². The summed E-state index contributed by atoms with van der Waals surface area (Å²) in [5.74, 6) is 1.05. The van der Waals surface area contributed by atoms with E-state index in [2.05, 4.69) is 11.8 Å². The molecule has 0 aromatic carbocycles. The molecular formula is C13H25N3O. The molecule has 0 radical (unpaired) electrons. The van der Waals surface area contributed by atoms with Crippen LogP contribution in [0.5, 0.6) is 0 Å². The van der Waals surface area contributed by atoms with Crippen molar-refractivity contribution in [1.82, 2.24) is 9.80 Å². The van der Waals surface area contributed by atoms with Crippen molar-refractivity contribution in [2.24, 2.45) is 11.7 Å². The van der Waals surface area contributed by atoms with E-state index in [1.807, 2.05) is 4.90 Å². The Morgan fingerprint density at radius 3 is 2.53 bits per heavy atom. The zero-order valence-electron chi connectivity index (χ0n) is 10.9. The Kier molecular flexibility index (Phi) is 4.40. The lowest BCUT2D eigenvalue weighted by atomic mass is 10.1. The Hall–Kier alpha value is -0.610. The number of carbonyl (C=O) groups is 1. The van der Waals surface area contributed by atoms with Gasteiger partial charge in [0.2, 0.25) is 5.91 Å². The van der Waals surface area contributed by atoms with E-state index in [4.69, 9.17) is 5.73 Å². The predicted molar refractivity (Wildman–Crippen MR) is 68.6 cm³/mol. The van der Waals surface area contributed by atoms with E-state index in [0.717, 1.165) is 44.9 Å². The number of likely N-dealkylation sites (tertiary alicyclic amines) is 2. The van der Waals surface area contributed by atoms with Crippen LogP contribution in [0.4, 0.5) is 0 Å². The van der Waals surface area contributed by atoms with Crippen molar-refractivity contribution in [2.75, 3.05) is 32.7 Å². The molecule has 0 aliphatic carbocycles. The van der Waals surface area contributed by atoms with Crippen molar-refractivity contribution in [3.8, 4) is 0 Å². The van der Waals surface area contributed by atoms with Crippen molar-refractivity contribution in [3.05, 3.63) is 0 Å². The normalized spacial score (nSPS) is 27.6. The lowest BCUT2D eigenvalue weighted by Gasteiger charge is -2.30. The predicted octanol–water partition coefficient (Wildman–Crippen LogP) is 0.668. The standard InChI is InChI=1S/C13H25N3O/c1-2-11-3-8-16(9-11)13(17)10-15-6-4-12(14)5-7-15/h11-12H,2-10,14H2,1H3. The number of hydrogen-bond acceptors (Lipinski definition) is 3. The van der Waals surface area contributed by atoms with Crippen LogP contribution in [0.15, 0.2) is 0 Å². The summed E-state index contributed by atoms with van der Waals surface area (Å²) >= 11 is 0. The average Bonchev–Trinajstić information content (AvgIpc) is 2.81. The molecule has 1 amide bonds. The number of amides is 1. The van der Waals surface area contributed by atoms with Crippen molar-refractivity contribution in [3.63, 3.8) is 0 Å². The third-order valence-electron chi connectivity index (χ3n) is 4.21. The van der Waals surface area contributed by atoms with Crippen LogP contribution in [0.25, 0.3) is 0 Å². The van der Waals surface area contributed by atoms with E-state index in [1.165, 1.54) is 12.8 Å². The maximum absolute atomic E-state index is 12.1. The molecule has 4 heteroatoms. The van der Waals surface area contributed by atoms with E-state index < -0.39 is 0 Å². The molecule has 2 fully saturated rings. The number of piperidine rings is 1. The van der Waals surface area contributed by atoms with E-state index in [9.17, 15) is 4.79 Å². The molecule has 98 valence electrons. The summed E-state index contributed by atoms with van der Waals surface area (Å²) in [6, 6.07) is 0.345. The molecule has 2 aliphatic heterocycles. The van der Waals surface area contributed by atoms with Crippen LogP contribution < -0.4 is 5.73 Å². The van der Waals surface area contributed by atoms with Gasteiger partial charge in [-0.05, 0) is 25.2 Å². The summed E-state index contributed by atoms with van der Waals surface area (Å²) in [5, 5.41) is 0. The maximum Gasteiger partial charge on any atom is 0.236 e. The third-order valence-corrected chi connectivity index (χ3v) is 4.21. The summed E-state index contributed by atoms with van der Waals surface area (Å²) < 4.78 is 0. The van der Waals surface area contributed by atoms with Crippen LogP contribution in [0, 0.1) is 5.92 Å². The highest BCUT2D eigenvalue weighted by Gasteiger charge is 2.26. The molecular weight excluding hydrogens is 214 g/mol. The number of hydrogen-bond donors (Lipinski definition) is 1. The van der Waals surface area contributed by atoms with Gasteiger partial charge in [0.1, 0.15) is 0 Å². The van der Waals surface area contributed by atoms with E-state index >= 15 is 0 Å². The van der Waals surface area contributed by atoms with E-state index in [1.54, 1.807) is 0 Å². The van der Waals surface area contributed by atoms with Crippen molar-refractivity contribution in [2.45, 2.75) is 38.6 Å². The topological polar surface area (TPSA) is 49.6 Å². The fourth-order valence-corrected chi connectivity index (χ4v) is 2.79. The van der Waals surface area contributed by atoms with Crippen molar-refractivity contribution >= 4 is 5.91 Å². The first-order valence-electron chi connectivity index (χ1n) is 6.94. The van der Waals surface area contributed by atoms with Crippen molar-refractivity contribution < 1.29 is 4.79 Å². The molecule has 2 saturated heterocycles. The molecule has 0 spiro atoms. The molecule has 0 aromatic heterocycles. The molecule has 1 unspecified atom stereocenters. The van der Waals surface area contributed by atoms with Gasteiger partial charge in [-0.3, -0.25) is 9.69 Å². The fraction of sp³-hybridized carbons (Fsp3) is 0.923. The highest BCUT2D eigenvalue weighted by atomic mass is 16.2. The zero-order chi connectivity index (χ0) is 12.3. The lowest BCUT2D eigenvalue weighted by Crippen LogP contribution is -2.45. The molecule has 2 aliphatic rings. The smallest absolute Gasteiger partial charge is 0.236 e. The van der Waals surface area contributed by atoms with E-state index in [-0.39, 0.29) is 0 Å². The van der Waals surface area contributed by atoms with Crippen LogP contribution in [-0.2, 0) is 4.79 Å². The Labute approximate surface area is 104 Å². The van der Waals surface area contributed by atoms with Crippen LogP contribution in [0.1, 0.15) is 32.6 Å². The SMILES string of the molecule is CCC1CCN(C(=O)CN2CCC(N)CC2)C1. The highest BCUT2D eigenvalue weighted by molar-refractivity contribution is 5.78. The Balaban J connectivity index is 1.74. The zero-order valence-corrected chi connectivity index (χ0v) is 10.9. The number of rotatable bonds is 3. The highest BCUT2D eigenvalue weighted by Crippen LogP contribution is 2.19. The maximum atomic E-state index is 12.1. The minimum atomic E-state index is 0.316. The van der Waals surface area contributed by atoms with Crippen LogP contribution in [-0.4, -0.2) is 54.5 Å². The van der Waals surface area contributed by atoms with Gasteiger partial charge in [-0.15, -0.1) is 0 Å². The number of nitrogens with two attached hydrogens (primary N) is 1. The van der Waals surface area contributed by atoms with Crippen LogP contribution >= 0.6 is 0 Å². The van der Waals surface area contributed by atoms with Gasteiger partial charge in [-0.25, -0.2) is 0 Å². The van der Waals surface area contributed by atoms with Gasteiger partial charge in [-0.2, -0.15) is 0 Å². The summed E-state index contributed by atoms with van der Waals surface area (Å²) in [4.78, 5) is 16.4. The first kappa shape index (κ1) is 12.8. The van der Waals surface area contributed by atoms with Crippen LogP contribution in [0.2, 0.25) is 0 Å². The Morgan fingerprint density at radius 2 is 1.94 bits per heavy atom. The third kappa shape index (κ3) is 3.42. The summed E-state index contributed by atoms with van der Waals surface area (Å²) in [6.07, 6.45) is 4.45. The van der Waals surface area contributed by atoms with Gasteiger partial charge >= 0.3 is 0 Å². The Bertz CT molecular complexity index is 261. The molecule has 2 N–H and O–H groups in total. The monoisotopic (exact) mass is 239 g/mol. The minimum Gasteiger partial charge on any atom is -0.341 e. The Morgan fingerprint density at radius 1 is 1.24 bits per heavy atom. The van der Waals surface area contributed by atoms with Gasteiger partial charge < -0.3 is 10.6 Å². The second-order valence-corrected chi connectivity index (χ2v) is 5.52. The summed E-state index contributed by atoms with van der Waals surface area (Å²) in [5.41, 5.74) is 5.86. The molecule has 0 aromatic rings. The van der Waals surface area contributed by atoms with Gasteiger partial charge in [0, 0.05) is 32.2 Å². The molecule has 2 rings (SSSR count). The quantitative estimate of drug-likeness (QED) is 0.787. The molecule has 4 nitrogen and oxygen atoms in total. The first-order valence-corrected chi connectivity index (χ1v) is 6.94. The van der Waals surface area contributed by atoms with Gasteiger partial charge in [-0.1, -0.05) is 13.3 Å². The molecule has 1 atom stereocenters. The van der Waals surface area contributed by atoms with E-state index in [0.29, 0.717) is 18.5 Å². The second-order valence-electron chi connectivity index (χ2n) is 5.52. The lowest BCUT2D eigenvalue weighted by molar-refractivity contribution is -0.131. The number of nitrogens with zero attached hydrogens (tertiary/aromatic N) is 2. The van der Waals surface area contributed by atoms with Gasteiger partial charge in [0.15, 0.2) is 0 Å². The summed E-state index contributed by atoms with van der Waals surface area (Å²) in [7, 11) is 0. The molecule has 0 saturated carbocycles. The minimum absolute atomic E-state index is 0.316. The molecule has 0 bridgehead atoms.